The predicted molar refractivity (Wildman–Crippen MR) is 88.2 cm³/mol. The first-order valence-corrected chi connectivity index (χ1v) is 7.79. The summed E-state index contributed by atoms with van der Waals surface area (Å²) in [6.07, 6.45) is -0.108. The fraction of sp³-hybridized carbons (Fsp3) is 0.375. The van der Waals surface area contributed by atoms with Crippen molar-refractivity contribution in [2.75, 3.05) is 12.3 Å². The van der Waals surface area contributed by atoms with E-state index < -0.39 is 23.9 Å². The summed E-state index contributed by atoms with van der Waals surface area (Å²) in [5.74, 6) is -1.75. The van der Waals surface area contributed by atoms with Crippen LogP contribution in [0.15, 0.2) is 24.3 Å². The molecule has 1 aromatic rings. The van der Waals surface area contributed by atoms with Crippen LogP contribution in [0.4, 0.5) is 10.5 Å². The number of amides is 4. The van der Waals surface area contributed by atoms with Crippen molar-refractivity contribution in [3.63, 3.8) is 0 Å². The van der Waals surface area contributed by atoms with Crippen LogP contribution in [0.2, 0.25) is 0 Å². The van der Waals surface area contributed by atoms with Crippen LogP contribution in [-0.2, 0) is 20.9 Å². The molecule has 1 aromatic carbocycles. The lowest BCUT2D eigenvalue weighted by Crippen LogP contribution is -2.59. The highest BCUT2D eigenvalue weighted by atomic mass is 16.4. The normalized spacial score (nSPS) is 16.1. The fourth-order valence-corrected chi connectivity index (χ4v) is 2.42. The van der Waals surface area contributed by atoms with Gasteiger partial charge in [0, 0.05) is 31.6 Å². The van der Waals surface area contributed by atoms with Gasteiger partial charge in [0.05, 0.1) is 12.5 Å². The number of carbonyl (C=O) groups is 4. The second-order valence-corrected chi connectivity index (χ2v) is 5.72. The van der Waals surface area contributed by atoms with Gasteiger partial charge in [-0.1, -0.05) is 12.1 Å². The molecule has 9 heteroatoms. The number of nitrogens with one attached hydrogen (secondary N) is 2. The number of urea groups is 1. The van der Waals surface area contributed by atoms with Gasteiger partial charge in [-0.25, -0.2) is 4.79 Å². The second kappa shape index (κ2) is 8.13. The van der Waals surface area contributed by atoms with Gasteiger partial charge >= 0.3 is 12.0 Å². The van der Waals surface area contributed by atoms with Crippen LogP contribution in [0.3, 0.4) is 0 Å². The first-order chi connectivity index (χ1) is 11.9. The number of benzene rings is 1. The van der Waals surface area contributed by atoms with Gasteiger partial charge in [0.2, 0.25) is 11.8 Å². The van der Waals surface area contributed by atoms with Crippen LogP contribution < -0.4 is 16.4 Å². The fourth-order valence-electron chi connectivity index (χ4n) is 2.42. The van der Waals surface area contributed by atoms with Gasteiger partial charge in [0.25, 0.3) is 0 Å². The summed E-state index contributed by atoms with van der Waals surface area (Å²) in [7, 11) is 0. The zero-order valence-electron chi connectivity index (χ0n) is 13.5. The highest BCUT2D eigenvalue weighted by molar-refractivity contribution is 6.00. The van der Waals surface area contributed by atoms with E-state index >= 15 is 0 Å². The van der Waals surface area contributed by atoms with Crippen molar-refractivity contribution in [3.8, 4) is 0 Å². The van der Waals surface area contributed by atoms with E-state index in [1.165, 1.54) is 0 Å². The molecule has 1 saturated heterocycles. The molecule has 0 saturated carbocycles. The molecule has 0 bridgehead atoms. The Kier molecular flexibility index (Phi) is 5.93. The molecule has 25 heavy (non-hydrogen) atoms. The quantitative estimate of drug-likeness (QED) is 0.405. The number of carboxylic acids is 1. The first-order valence-electron chi connectivity index (χ1n) is 7.79. The highest BCUT2D eigenvalue weighted by Gasteiger charge is 2.41. The van der Waals surface area contributed by atoms with E-state index in [4.69, 9.17) is 10.8 Å². The summed E-state index contributed by atoms with van der Waals surface area (Å²) in [4.78, 5) is 46.9. The number of carboxylic acid groups (broad SMARTS) is 1. The Balaban J connectivity index is 1.79. The zero-order chi connectivity index (χ0) is 18.4. The molecule has 1 aliphatic rings. The maximum absolute atomic E-state index is 12.1. The van der Waals surface area contributed by atoms with Gasteiger partial charge in [-0.2, -0.15) is 0 Å². The minimum Gasteiger partial charge on any atom is -0.481 e. The molecule has 134 valence electrons. The minimum atomic E-state index is -1.01. The van der Waals surface area contributed by atoms with E-state index in [9.17, 15) is 19.2 Å². The molecule has 0 radical (unpaired) electrons. The van der Waals surface area contributed by atoms with E-state index in [2.05, 4.69) is 10.6 Å². The third-order valence-electron chi connectivity index (χ3n) is 3.77. The number of likely N-dealkylation sites (tertiary alicyclic amines) is 1. The van der Waals surface area contributed by atoms with Crippen molar-refractivity contribution in [3.05, 3.63) is 29.8 Å². The number of nitrogens with two attached hydrogens (primary N) is 1. The molecule has 9 nitrogen and oxygen atoms in total. The van der Waals surface area contributed by atoms with Crippen molar-refractivity contribution in [2.24, 2.45) is 0 Å². The Morgan fingerprint density at radius 2 is 1.88 bits per heavy atom. The highest BCUT2D eigenvalue weighted by Crippen LogP contribution is 2.22. The molecule has 0 aliphatic carbocycles. The van der Waals surface area contributed by atoms with Crippen LogP contribution in [-0.4, -0.2) is 46.4 Å². The summed E-state index contributed by atoms with van der Waals surface area (Å²) in [6, 6.07) is 5.88. The summed E-state index contributed by atoms with van der Waals surface area (Å²) in [5, 5.41) is 13.6. The number of aliphatic carboxylic acids is 1. The Morgan fingerprint density at radius 1 is 1.20 bits per heavy atom. The number of rotatable bonds is 7. The summed E-state index contributed by atoms with van der Waals surface area (Å²) in [6.45, 7) is 0.249. The van der Waals surface area contributed by atoms with Gasteiger partial charge in [-0.15, -0.1) is 0 Å². The minimum absolute atomic E-state index is 0.0121. The Morgan fingerprint density at radius 3 is 2.48 bits per heavy atom. The van der Waals surface area contributed by atoms with Crippen molar-refractivity contribution < 1.29 is 24.3 Å². The first kappa shape index (κ1) is 18.2. The molecule has 1 heterocycles. The Hall–Kier alpha value is -3.10. The Labute approximate surface area is 144 Å². The molecule has 2 rings (SSSR count). The molecular weight excluding hydrogens is 328 g/mol. The number of imide groups is 1. The van der Waals surface area contributed by atoms with Crippen LogP contribution in [0, 0.1) is 0 Å². The monoisotopic (exact) mass is 348 g/mol. The van der Waals surface area contributed by atoms with Gasteiger partial charge in [0.15, 0.2) is 0 Å². The van der Waals surface area contributed by atoms with Crippen LogP contribution in [0.5, 0.6) is 0 Å². The maximum atomic E-state index is 12.1. The van der Waals surface area contributed by atoms with Crippen LogP contribution in [0.25, 0.3) is 0 Å². The van der Waals surface area contributed by atoms with Crippen molar-refractivity contribution in [1.82, 2.24) is 15.5 Å². The molecule has 5 N–H and O–H groups in total. The van der Waals surface area contributed by atoms with Crippen LogP contribution >= 0.6 is 0 Å². The van der Waals surface area contributed by atoms with Crippen molar-refractivity contribution >= 4 is 29.5 Å². The van der Waals surface area contributed by atoms with Crippen molar-refractivity contribution in [2.45, 2.75) is 31.8 Å². The number of nitrogens with zero attached hydrogens (tertiary/aromatic N) is 1. The molecule has 1 aliphatic heterocycles. The third-order valence-corrected chi connectivity index (χ3v) is 3.77. The van der Waals surface area contributed by atoms with Gasteiger partial charge < -0.3 is 21.5 Å². The molecule has 1 fully saturated rings. The average molecular weight is 348 g/mol. The standard InChI is InChI=1S/C16H20N4O5/c17-11-3-1-10(2-4-11)9-19-16(25)20-12(8-14(20)22)7-13(21)18-6-5-15(23)24/h1-4,12H,5-9,17H2,(H,18,21)(H,19,25)(H,23,24). The molecular formula is C16H20N4O5. The van der Waals surface area contributed by atoms with E-state index in [1.54, 1.807) is 24.3 Å². The maximum Gasteiger partial charge on any atom is 0.324 e. The average Bonchev–Trinajstić information content (AvgIpc) is 2.53. The van der Waals surface area contributed by atoms with Gasteiger partial charge in [-0.3, -0.25) is 19.3 Å². The number of anilines is 1. The topological polar surface area (TPSA) is 142 Å². The lowest BCUT2D eigenvalue weighted by molar-refractivity contribution is -0.142. The summed E-state index contributed by atoms with van der Waals surface area (Å²) >= 11 is 0. The number of nitrogen functional groups attached to an aromatic ring is 1. The number of hydrogen-bond donors (Lipinski definition) is 4. The van der Waals surface area contributed by atoms with E-state index in [0.29, 0.717) is 5.69 Å². The summed E-state index contributed by atoms with van der Waals surface area (Å²) in [5.41, 5.74) is 7.03. The van der Waals surface area contributed by atoms with Crippen molar-refractivity contribution in [1.29, 1.82) is 0 Å². The predicted octanol–water partition coefficient (Wildman–Crippen LogP) is 0.0603. The lowest BCUT2D eigenvalue weighted by Gasteiger charge is -2.38. The van der Waals surface area contributed by atoms with Crippen LogP contribution in [0.1, 0.15) is 24.8 Å². The smallest absolute Gasteiger partial charge is 0.324 e. The largest absolute Gasteiger partial charge is 0.481 e. The SMILES string of the molecule is Nc1ccc(CNC(=O)N2C(=O)CC2CC(=O)NCCC(=O)O)cc1. The molecule has 1 unspecified atom stereocenters. The number of β-lactam (4-membered cyclic amide) rings is 1. The Bertz CT molecular complexity index is 674. The second-order valence-electron chi connectivity index (χ2n) is 5.72. The van der Waals surface area contributed by atoms with E-state index in [1.807, 2.05) is 0 Å². The molecule has 0 spiro atoms. The van der Waals surface area contributed by atoms with Gasteiger partial charge in [-0.05, 0) is 17.7 Å². The third kappa shape index (κ3) is 5.20. The van der Waals surface area contributed by atoms with E-state index in [-0.39, 0.29) is 38.3 Å². The number of carbonyl (C=O) groups excluding carboxylic acids is 3. The molecule has 1 atom stereocenters. The van der Waals surface area contributed by atoms with Gasteiger partial charge in [0.1, 0.15) is 0 Å². The molecule has 0 aromatic heterocycles. The zero-order valence-corrected chi connectivity index (χ0v) is 13.5. The number of hydrogen-bond acceptors (Lipinski definition) is 5. The summed E-state index contributed by atoms with van der Waals surface area (Å²) < 4.78 is 0. The lowest BCUT2D eigenvalue weighted by atomic mass is 9.99. The van der Waals surface area contributed by atoms with E-state index in [0.717, 1.165) is 10.5 Å². The molecule has 4 amide bonds.